The summed E-state index contributed by atoms with van der Waals surface area (Å²) in [4.78, 5) is 12.2. The number of rotatable bonds is 6. The summed E-state index contributed by atoms with van der Waals surface area (Å²) < 4.78 is 31.8. The summed E-state index contributed by atoms with van der Waals surface area (Å²) in [6, 6.07) is 13.7. The summed E-state index contributed by atoms with van der Waals surface area (Å²) in [7, 11) is -3.52. The monoisotopic (exact) mass is 420 g/mol. The number of hydrogen-bond donors (Lipinski definition) is 1. The van der Waals surface area contributed by atoms with Crippen LogP contribution in [0.1, 0.15) is 11.1 Å². The largest absolute Gasteiger partial charge is 0.379 e. The summed E-state index contributed by atoms with van der Waals surface area (Å²) in [5.41, 5.74) is 1.57. The van der Waals surface area contributed by atoms with Gasteiger partial charge in [0.05, 0.1) is 18.1 Å². The molecule has 0 aliphatic carbocycles. The van der Waals surface area contributed by atoms with Crippen LogP contribution < -0.4 is 5.32 Å². The molecule has 0 saturated carbocycles. The third-order valence-electron chi connectivity index (χ3n) is 4.33. The maximum Gasteiger partial charge on any atom is 0.244 e. The van der Waals surface area contributed by atoms with Crippen molar-refractivity contribution < 1.29 is 17.9 Å². The Morgan fingerprint density at radius 3 is 2.46 bits per heavy atom. The van der Waals surface area contributed by atoms with Gasteiger partial charge < -0.3 is 10.1 Å². The van der Waals surface area contributed by atoms with Gasteiger partial charge in [0, 0.05) is 30.7 Å². The van der Waals surface area contributed by atoms with E-state index >= 15 is 0 Å². The molecule has 3 rings (SSSR count). The standard InChI is InChI=1S/C20H21ClN2O4S/c21-19-4-2-1-3-17(19)15-22-20(24)10-7-16-5-8-18(9-6-16)28(25,26)23-11-13-27-14-12-23/h1-10H,11-15H2,(H,22,24). The van der Waals surface area contributed by atoms with Crippen molar-refractivity contribution in [3.8, 4) is 0 Å². The van der Waals surface area contributed by atoms with Gasteiger partial charge in [0.1, 0.15) is 0 Å². The van der Waals surface area contributed by atoms with Crippen molar-refractivity contribution in [2.24, 2.45) is 0 Å². The normalized spacial score (nSPS) is 15.6. The van der Waals surface area contributed by atoms with Gasteiger partial charge in [0.2, 0.25) is 15.9 Å². The number of hydrogen-bond acceptors (Lipinski definition) is 4. The minimum Gasteiger partial charge on any atom is -0.379 e. The smallest absolute Gasteiger partial charge is 0.244 e. The molecular formula is C20H21ClN2O4S. The van der Waals surface area contributed by atoms with Gasteiger partial charge in [-0.2, -0.15) is 4.31 Å². The van der Waals surface area contributed by atoms with Gasteiger partial charge in [-0.1, -0.05) is 41.9 Å². The summed E-state index contributed by atoms with van der Waals surface area (Å²) in [5.74, 6) is -0.259. The zero-order valence-electron chi connectivity index (χ0n) is 15.2. The SMILES string of the molecule is O=C(C=Cc1ccc(S(=O)(=O)N2CCOCC2)cc1)NCc1ccccc1Cl. The molecule has 0 aromatic heterocycles. The number of sulfonamides is 1. The summed E-state index contributed by atoms with van der Waals surface area (Å²) >= 11 is 6.06. The number of amides is 1. The van der Waals surface area contributed by atoms with E-state index in [4.69, 9.17) is 16.3 Å². The third kappa shape index (κ3) is 5.20. The minimum absolute atomic E-state index is 0.231. The first kappa shape index (κ1) is 20.5. The first-order valence-electron chi connectivity index (χ1n) is 8.84. The van der Waals surface area contributed by atoms with Gasteiger partial charge in [-0.05, 0) is 35.4 Å². The fourth-order valence-corrected chi connectivity index (χ4v) is 4.35. The Morgan fingerprint density at radius 2 is 1.79 bits per heavy atom. The predicted octanol–water partition coefficient (Wildman–Crippen LogP) is 2.69. The number of nitrogens with one attached hydrogen (secondary N) is 1. The average Bonchev–Trinajstić information content (AvgIpc) is 2.72. The minimum atomic E-state index is -3.52. The average molecular weight is 421 g/mol. The van der Waals surface area contributed by atoms with Crippen LogP contribution in [0, 0.1) is 0 Å². The second-order valence-electron chi connectivity index (χ2n) is 6.23. The van der Waals surface area contributed by atoms with E-state index in [-0.39, 0.29) is 10.8 Å². The van der Waals surface area contributed by atoms with Crippen molar-refractivity contribution in [2.45, 2.75) is 11.4 Å². The molecule has 1 saturated heterocycles. The number of carbonyl (C=O) groups excluding carboxylic acids is 1. The Hall–Kier alpha value is -2.19. The van der Waals surface area contributed by atoms with Crippen molar-refractivity contribution in [2.75, 3.05) is 26.3 Å². The molecule has 1 aliphatic heterocycles. The zero-order chi connectivity index (χ0) is 20.0. The molecule has 1 amide bonds. The topological polar surface area (TPSA) is 75.7 Å². The number of carbonyl (C=O) groups is 1. The van der Waals surface area contributed by atoms with Crippen LogP contribution in [0.15, 0.2) is 59.5 Å². The van der Waals surface area contributed by atoms with E-state index in [1.54, 1.807) is 36.4 Å². The molecule has 0 atom stereocenters. The Morgan fingerprint density at radius 1 is 1.11 bits per heavy atom. The molecule has 1 fully saturated rings. The Balaban J connectivity index is 1.59. The van der Waals surface area contributed by atoms with E-state index in [0.717, 1.165) is 11.1 Å². The molecule has 0 spiro atoms. The molecule has 148 valence electrons. The van der Waals surface area contributed by atoms with Gasteiger partial charge in [-0.15, -0.1) is 0 Å². The van der Waals surface area contributed by atoms with Gasteiger partial charge in [-0.3, -0.25) is 4.79 Å². The summed E-state index contributed by atoms with van der Waals surface area (Å²) in [6.07, 6.45) is 3.04. The fourth-order valence-electron chi connectivity index (χ4n) is 2.74. The molecule has 1 N–H and O–H groups in total. The van der Waals surface area contributed by atoms with Gasteiger partial charge in [0.25, 0.3) is 0 Å². The number of halogens is 1. The molecule has 2 aromatic rings. The molecular weight excluding hydrogens is 400 g/mol. The van der Waals surface area contributed by atoms with Crippen LogP contribution >= 0.6 is 11.6 Å². The lowest BCUT2D eigenvalue weighted by Crippen LogP contribution is -2.40. The van der Waals surface area contributed by atoms with Crippen molar-refractivity contribution in [3.63, 3.8) is 0 Å². The lowest BCUT2D eigenvalue weighted by Gasteiger charge is -2.26. The van der Waals surface area contributed by atoms with Crippen molar-refractivity contribution >= 4 is 33.6 Å². The van der Waals surface area contributed by atoms with Gasteiger partial charge in [0.15, 0.2) is 0 Å². The van der Waals surface area contributed by atoms with E-state index in [1.165, 1.54) is 10.4 Å². The second-order valence-corrected chi connectivity index (χ2v) is 8.57. The molecule has 0 radical (unpaired) electrons. The lowest BCUT2D eigenvalue weighted by molar-refractivity contribution is -0.116. The Kier molecular flexibility index (Phi) is 6.85. The van der Waals surface area contributed by atoms with E-state index in [0.29, 0.717) is 37.9 Å². The van der Waals surface area contributed by atoms with Crippen LogP contribution in [-0.4, -0.2) is 44.9 Å². The maximum absolute atomic E-state index is 12.6. The molecule has 0 unspecified atom stereocenters. The number of benzene rings is 2. The quantitative estimate of drug-likeness (QED) is 0.729. The second kappa shape index (κ2) is 9.34. The zero-order valence-corrected chi connectivity index (χ0v) is 16.7. The molecule has 0 bridgehead atoms. The summed E-state index contributed by atoms with van der Waals surface area (Å²) in [5, 5.41) is 3.36. The highest BCUT2D eigenvalue weighted by Gasteiger charge is 2.25. The van der Waals surface area contributed by atoms with Crippen LogP contribution in [0.2, 0.25) is 5.02 Å². The molecule has 1 heterocycles. The van der Waals surface area contributed by atoms with Crippen LogP contribution in [0.5, 0.6) is 0 Å². The third-order valence-corrected chi connectivity index (χ3v) is 6.61. The molecule has 28 heavy (non-hydrogen) atoms. The highest BCUT2D eigenvalue weighted by atomic mass is 35.5. The number of nitrogens with zero attached hydrogens (tertiary/aromatic N) is 1. The molecule has 2 aromatic carbocycles. The van der Waals surface area contributed by atoms with Crippen molar-refractivity contribution in [3.05, 3.63) is 70.8 Å². The first-order valence-corrected chi connectivity index (χ1v) is 10.7. The van der Waals surface area contributed by atoms with Crippen LogP contribution in [0.4, 0.5) is 0 Å². The van der Waals surface area contributed by atoms with E-state index < -0.39 is 10.0 Å². The Bertz CT molecular complexity index is 952. The van der Waals surface area contributed by atoms with E-state index in [1.807, 2.05) is 18.2 Å². The molecule has 1 aliphatic rings. The van der Waals surface area contributed by atoms with Crippen molar-refractivity contribution in [1.82, 2.24) is 9.62 Å². The predicted molar refractivity (Wildman–Crippen MR) is 108 cm³/mol. The molecule has 8 heteroatoms. The van der Waals surface area contributed by atoms with E-state index in [9.17, 15) is 13.2 Å². The van der Waals surface area contributed by atoms with Crippen molar-refractivity contribution in [1.29, 1.82) is 0 Å². The Labute approximate surface area is 169 Å². The number of morpholine rings is 1. The highest BCUT2D eigenvalue weighted by Crippen LogP contribution is 2.18. The fraction of sp³-hybridized carbons (Fsp3) is 0.250. The number of ether oxygens (including phenoxy) is 1. The summed E-state index contributed by atoms with van der Waals surface area (Å²) in [6.45, 7) is 1.86. The van der Waals surface area contributed by atoms with Gasteiger partial charge >= 0.3 is 0 Å². The maximum atomic E-state index is 12.6. The van der Waals surface area contributed by atoms with Crippen LogP contribution in [0.3, 0.4) is 0 Å². The lowest BCUT2D eigenvalue weighted by atomic mass is 10.2. The first-order chi connectivity index (χ1) is 13.5. The highest BCUT2D eigenvalue weighted by molar-refractivity contribution is 7.89. The van der Waals surface area contributed by atoms with Crippen LogP contribution in [-0.2, 0) is 26.1 Å². The van der Waals surface area contributed by atoms with Gasteiger partial charge in [-0.25, -0.2) is 8.42 Å². The molecule has 6 nitrogen and oxygen atoms in total. The van der Waals surface area contributed by atoms with E-state index in [2.05, 4.69) is 5.32 Å². The van der Waals surface area contributed by atoms with Crippen LogP contribution in [0.25, 0.3) is 6.08 Å².